The summed E-state index contributed by atoms with van der Waals surface area (Å²) in [5.41, 5.74) is 9.48. The maximum absolute atomic E-state index is 2.52. The summed E-state index contributed by atoms with van der Waals surface area (Å²) in [6.07, 6.45) is 0. The summed E-state index contributed by atoms with van der Waals surface area (Å²) in [6, 6.07) is 75.3. The Morgan fingerprint density at radius 2 is 0.852 bits per heavy atom. The number of benzene rings is 10. The van der Waals surface area contributed by atoms with Gasteiger partial charge in [-0.25, -0.2) is 0 Å². The zero-order chi connectivity index (χ0) is 35.6. The van der Waals surface area contributed by atoms with Crippen molar-refractivity contribution in [3.63, 3.8) is 0 Å². The van der Waals surface area contributed by atoms with Crippen LogP contribution in [0.2, 0.25) is 0 Å². The lowest BCUT2D eigenvalue weighted by Crippen LogP contribution is -2.12. The van der Waals surface area contributed by atoms with Gasteiger partial charge in [0.15, 0.2) is 0 Å². The van der Waals surface area contributed by atoms with Gasteiger partial charge in [-0.1, -0.05) is 170 Å². The highest BCUT2D eigenvalue weighted by Crippen LogP contribution is 2.50. The lowest BCUT2D eigenvalue weighted by Gasteiger charge is -2.30. The van der Waals surface area contributed by atoms with Gasteiger partial charge in [-0.2, -0.15) is 0 Å². The van der Waals surface area contributed by atoms with Crippen LogP contribution in [0.3, 0.4) is 0 Å². The van der Waals surface area contributed by atoms with Crippen LogP contribution < -0.4 is 4.90 Å². The normalized spacial score (nSPS) is 11.7. The van der Waals surface area contributed by atoms with Crippen LogP contribution in [0.25, 0.3) is 81.7 Å². The molecule has 0 fully saturated rings. The number of para-hydroxylation sites is 1. The van der Waals surface area contributed by atoms with Crippen molar-refractivity contribution >= 4 is 82.0 Å². The second kappa shape index (κ2) is 12.2. The molecule has 0 atom stereocenters. The van der Waals surface area contributed by atoms with Crippen LogP contribution in [-0.4, -0.2) is 4.57 Å². The molecule has 11 aromatic rings. The predicted octanol–water partition coefficient (Wildman–Crippen LogP) is 14.5. The molecule has 0 N–H and O–H groups in total. The van der Waals surface area contributed by atoms with E-state index in [1.165, 1.54) is 87.4 Å². The molecule has 1 heterocycles. The van der Waals surface area contributed by atoms with E-state index in [0.29, 0.717) is 0 Å². The number of hydrogen-bond donors (Lipinski definition) is 0. The van der Waals surface area contributed by atoms with Gasteiger partial charge >= 0.3 is 0 Å². The van der Waals surface area contributed by atoms with Crippen LogP contribution in [0.4, 0.5) is 17.1 Å². The molecule has 0 saturated heterocycles. The van der Waals surface area contributed by atoms with Crippen molar-refractivity contribution in [1.29, 1.82) is 0 Å². The molecule has 0 saturated carbocycles. The Kier molecular flexibility index (Phi) is 6.90. The summed E-state index contributed by atoms with van der Waals surface area (Å²) < 4.78 is 2.44. The van der Waals surface area contributed by atoms with Gasteiger partial charge in [-0.3, -0.25) is 0 Å². The highest BCUT2D eigenvalue weighted by molar-refractivity contribution is 6.23. The smallest absolute Gasteiger partial charge is 0.0619 e. The van der Waals surface area contributed by atoms with Crippen molar-refractivity contribution in [2.75, 3.05) is 4.90 Å². The van der Waals surface area contributed by atoms with E-state index in [2.05, 4.69) is 216 Å². The highest BCUT2D eigenvalue weighted by atomic mass is 15.1. The lowest BCUT2D eigenvalue weighted by atomic mass is 9.89. The van der Waals surface area contributed by atoms with Gasteiger partial charge in [-0.15, -0.1) is 0 Å². The Labute approximate surface area is 313 Å². The first-order chi connectivity index (χ1) is 26.8. The average Bonchev–Trinajstić information content (AvgIpc) is 3.57. The maximum atomic E-state index is 2.52. The number of nitrogens with zero attached hydrogens (tertiary/aromatic N) is 2. The predicted molar refractivity (Wildman–Crippen MR) is 231 cm³/mol. The van der Waals surface area contributed by atoms with Gasteiger partial charge in [0, 0.05) is 38.0 Å². The monoisotopic (exact) mass is 686 g/mol. The fraction of sp³-hybridized carbons (Fsp3) is 0. The van der Waals surface area contributed by atoms with Crippen molar-refractivity contribution < 1.29 is 0 Å². The van der Waals surface area contributed by atoms with Crippen molar-refractivity contribution in [1.82, 2.24) is 4.57 Å². The first-order valence-electron chi connectivity index (χ1n) is 18.6. The Morgan fingerprint density at radius 1 is 0.333 bits per heavy atom. The Hall–Kier alpha value is -7.16. The zero-order valence-electron chi connectivity index (χ0n) is 29.5. The molecule has 252 valence electrons. The molecular weight excluding hydrogens is 653 g/mol. The second-order valence-electron chi connectivity index (χ2n) is 14.1. The summed E-state index contributed by atoms with van der Waals surface area (Å²) >= 11 is 0. The van der Waals surface area contributed by atoms with E-state index in [-0.39, 0.29) is 0 Å². The quantitative estimate of drug-likeness (QED) is 0.164. The van der Waals surface area contributed by atoms with Crippen LogP contribution in [0.15, 0.2) is 206 Å². The van der Waals surface area contributed by atoms with E-state index in [1.54, 1.807) is 0 Å². The van der Waals surface area contributed by atoms with Crippen molar-refractivity contribution in [3.8, 4) is 16.8 Å². The van der Waals surface area contributed by atoms with Gasteiger partial charge in [0.05, 0.1) is 28.1 Å². The van der Waals surface area contributed by atoms with Crippen LogP contribution >= 0.6 is 0 Å². The molecule has 0 aliphatic carbocycles. The average molecular weight is 687 g/mol. The molecule has 0 aliphatic rings. The molecule has 1 aromatic heterocycles. The molecule has 0 radical (unpaired) electrons. The van der Waals surface area contributed by atoms with E-state index in [1.807, 2.05) is 0 Å². The van der Waals surface area contributed by atoms with Crippen LogP contribution in [-0.2, 0) is 0 Å². The number of anilines is 3. The van der Waals surface area contributed by atoms with Gasteiger partial charge in [0.2, 0.25) is 0 Å². The molecule has 0 unspecified atom stereocenters. The lowest BCUT2D eigenvalue weighted by molar-refractivity contribution is 1.20. The van der Waals surface area contributed by atoms with Crippen LogP contribution in [0.5, 0.6) is 0 Å². The second-order valence-corrected chi connectivity index (χ2v) is 14.1. The van der Waals surface area contributed by atoms with Gasteiger partial charge < -0.3 is 9.47 Å². The van der Waals surface area contributed by atoms with Crippen LogP contribution in [0.1, 0.15) is 0 Å². The Bertz CT molecular complexity index is 3160. The summed E-state index contributed by atoms with van der Waals surface area (Å²) in [6.45, 7) is 0. The zero-order valence-corrected chi connectivity index (χ0v) is 29.5. The topological polar surface area (TPSA) is 8.17 Å². The van der Waals surface area contributed by atoms with E-state index in [0.717, 1.165) is 11.4 Å². The number of aromatic nitrogens is 1. The third kappa shape index (κ3) is 4.60. The van der Waals surface area contributed by atoms with Gasteiger partial charge in [0.25, 0.3) is 0 Å². The van der Waals surface area contributed by atoms with Gasteiger partial charge in [0.1, 0.15) is 0 Å². The molecule has 54 heavy (non-hydrogen) atoms. The maximum Gasteiger partial charge on any atom is 0.0619 e. The molecule has 0 spiro atoms. The van der Waals surface area contributed by atoms with E-state index in [9.17, 15) is 0 Å². The number of rotatable bonds is 5. The number of fused-ring (bicyclic) bond motifs is 7. The Morgan fingerprint density at radius 3 is 1.57 bits per heavy atom. The third-order valence-corrected chi connectivity index (χ3v) is 11.1. The first-order valence-corrected chi connectivity index (χ1v) is 18.6. The molecule has 11 rings (SSSR count). The van der Waals surface area contributed by atoms with E-state index < -0.39 is 0 Å². The molecule has 2 heteroatoms. The minimum absolute atomic E-state index is 1.11. The van der Waals surface area contributed by atoms with Crippen molar-refractivity contribution in [3.05, 3.63) is 206 Å². The fourth-order valence-electron chi connectivity index (χ4n) is 8.82. The fourth-order valence-corrected chi connectivity index (χ4v) is 8.82. The Balaban J connectivity index is 1.26. The standard InChI is InChI=1S/C52H34N2/c1-2-18-37(19-3-1)51-42-25-8-10-27-44(42)52(45-28-11-9-26-43(45)51)53(47-30-14-20-35-16-4-6-22-39(35)47)38-32-33-50-46(34-38)41-24-12-13-29-49(41)54(50)48-31-15-21-36-17-5-7-23-40(36)48/h1-34H. The number of hydrogen-bond acceptors (Lipinski definition) is 1. The van der Waals surface area contributed by atoms with E-state index >= 15 is 0 Å². The summed E-state index contributed by atoms with van der Waals surface area (Å²) in [5.74, 6) is 0. The van der Waals surface area contributed by atoms with Crippen molar-refractivity contribution in [2.45, 2.75) is 0 Å². The minimum atomic E-state index is 1.11. The molecular formula is C52H34N2. The molecule has 0 bridgehead atoms. The molecule has 2 nitrogen and oxygen atoms in total. The summed E-state index contributed by atoms with van der Waals surface area (Å²) in [7, 11) is 0. The minimum Gasteiger partial charge on any atom is -0.309 e. The molecule has 10 aromatic carbocycles. The largest absolute Gasteiger partial charge is 0.309 e. The van der Waals surface area contributed by atoms with Crippen LogP contribution in [0, 0.1) is 0 Å². The SMILES string of the molecule is c1ccc(-c2c3ccccc3c(N(c3ccc4c(c3)c3ccccc3n4-c3cccc4ccccc34)c3cccc4ccccc34)c3ccccc23)cc1. The molecule has 0 aliphatic heterocycles. The van der Waals surface area contributed by atoms with E-state index in [4.69, 9.17) is 0 Å². The summed E-state index contributed by atoms with van der Waals surface area (Å²) in [4.78, 5) is 2.52. The highest BCUT2D eigenvalue weighted by Gasteiger charge is 2.24. The molecule has 0 amide bonds. The van der Waals surface area contributed by atoms with Crippen molar-refractivity contribution in [2.24, 2.45) is 0 Å². The van der Waals surface area contributed by atoms with Gasteiger partial charge in [-0.05, 0) is 69.1 Å². The summed E-state index contributed by atoms with van der Waals surface area (Å²) in [5, 5.41) is 12.2. The third-order valence-electron chi connectivity index (χ3n) is 11.1. The first kappa shape index (κ1) is 30.5.